The first kappa shape index (κ1) is 9.09. The molecule has 0 aromatic heterocycles. The van der Waals surface area contributed by atoms with E-state index >= 15 is 0 Å². The average molecular weight is 200 g/mol. The quantitative estimate of drug-likeness (QED) is 0.522. The molecule has 0 unspecified atom stereocenters. The summed E-state index contributed by atoms with van der Waals surface area (Å²) in [6, 6.07) is 0. The van der Waals surface area contributed by atoms with Crippen molar-refractivity contribution in [2.24, 2.45) is 11.3 Å². The molecule has 14 heavy (non-hydrogen) atoms. The Labute approximate surface area is 82.5 Å². The van der Waals surface area contributed by atoms with Gasteiger partial charge in [0.25, 0.3) is 0 Å². The second-order valence-corrected chi connectivity index (χ2v) is 5.28. The molecule has 4 heteroatoms. The Morgan fingerprint density at radius 2 is 2.14 bits per heavy atom. The average Bonchev–Trinajstić information content (AvgIpc) is 2.23. The van der Waals surface area contributed by atoms with E-state index in [1.54, 1.807) is 0 Å². The van der Waals surface area contributed by atoms with Crippen molar-refractivity contribution in [3.05, 3.63) is 0 Å². The minimum atomic E-state index is -0.918. The van der Waals surface area contributed by atoms with Crippen LogP contribution < -0.4 is 0 Å². The van der Waals surface area contributed by atoms with Gasteiger partial charge in [-0.15, -0.1) is 0 Å². The van der Waals surface area contributed by atoms with E-state index in [4.69, 9.17) is 4.74 Å². The Kier molecular flexibility index (Phi) is 1.41. The fourth-order valence-corrected chi connectivity index (χ4v) is 3.84. The summed E-state index contributed by atoms with van der Waals surface area (Å²) in [5.41, 5.74) is -2.18. The van der Waals surface area contributed by atoms with Crippen molar-refractivity contribution >= 4 is 0 Å². The molecule has 4 bridgehead atoms. The van der Waals surface area contributed by atoms with E-state index in [2.05, 4.69) is 0 Å². The van der Waals surface area contributed by atoms with E-state index in [0.29, 0.717) is 19.4 Å². The van der Waals surface area contributed by atoms with Crippen molar-refractivity contribution in [2.75, 3.05) is 13.2 Å². The SMILES string of the molecule is C[C@]12C[C@@H](O)[C@@H]3C[C@@]1(O)[C@]3(CO)CO2. The highest BCUT2D eigenvalue weighted by molar-refractivity contribution is 5.29. The van der Waals surface area contributed by atoms with Gasteiger partial charge in [0.2, 0.25) is 0 Å². The first-order valence-corrected chi connectivity index (χ1v) is 5.14. The molecule has 0 spiro atoms. The molecule has 80 valence electrons. The molecular weight excluding hydrogens is 184 g/mol. The van der Waals surface area contributed by atoms with Crippen LogP contribution in [0.3, 0.4) is 0 Å². The highest BCUT2D eigenvalue weighted by atomic mass is 16.5. The van der Waals surface area contributed by atoms with Gasteiger partial charge in [-0.25, -0.2) is 0 Å². The van der Waals surface area contributed by atoms with Gasteiger partial charge in [0.05, 0.1) is 30.3 Å². The van der Waals surface area contributed by atoms with Crippen LogP contribution in [0.4, 0.5) is 0 Å². The smallest absolute Gasteiger partial charge is 0.104 e. The number of ether oxygens (including phenoxy) is 1. The predicted molar refractivity (Wildman–Crippen MR) is 47.6 cm³/mol. The van der Waals surface area contributed by atoms with Gasteiger partial charge in [-0.3, -0.25) is 0 Å². The van der Waals surface area contributed by atoms with Gasteiger partial charge in [0.1, 0.15) is 5.60 Å². The van der Waals surface area contributed by atoms with Gasteiger partial charge in [-0.05, 0) is 13.3 Å². The molecule has 3 N–H and O–H groups in total. The molecule has 4 nitrogen and oxygen atoms in total. The lowest BCUT2D eigenvalue weighted by atomic mass is 9.41. The number of aliphatic hydroxyl groups is 3. The molecule has 0 amide bonds. The third-order valence-corrected chi connectivity index (χ3v) is 4.92. The molecule has 0 radical (unpaired) electrons. The van der Waals surface area contributed by atoms with Gasteiger partial charge < -0.3 is 20.1 Å². The van der Waals surface area contributed by atoms with Crippen molar-refractivity contribution < 1.29 is 20.1 Å². The van der Waals surface area contributed by atoms with E-state index in [-0.39, 0.29) is 12.5 Å². The maximum atomic E-state index is 10.5. The number of rotatable bonds is 1. The zero-order chi connectivity index (χ0) is 10.2. The number of aliphatic hydroxyl groups excluding tert-OH is 2. The topological polar surface area (TPSA) is 69.9 Å². The molecule has 5 atom stereocenters. The van der Waals surface area contributed by atoms with Crippen LogP contribution >= 0.6 is 0 Å². The van der Waals surface area contributed by atoms with Crippen molar-refractivity contribution in [3.63, 3.8) is 0 Å². The van der Waals surface area contributed by atoms with Crippen molar-refractivity contribution in [2.45, 2.75) is 37.1 Å². The Morgan fingerprint density at radius 1 is 1.43 bits per heavy atom. The molecule has 1 aliphatic heterocycles. The molecule has 3 aliphatic carbocycles. The summed E-state index contributed by atoms with van der Waals surface area (Å²) in [6.45, 7) is 2.11. The van der Waals surface area contributed by atoms with Gasteiger partial charge in [0.15, 0.2) is 0 Å². The maximum Gasteiger partial charge on any atom is 0.104 e. The lowest BCUT2D eigenvalue weighted by molar-refractivity contribution is -0.295. The summed E-state index contributed by atoms with van der Waals surface area (Å²) in [5.74, 6) is 0.00748. The van der Waals surface area contributed by atoms with E-state index in [9.17, 15) is 15.3 Å². The van der Waals surface area contributed by atoms with Crippen LogP contribution in [-0.4, -0.2) is 45.8 Å². The van der Waals surface area contributed by atoms with E-state index in [0.717, 1.165) is 0 Å². The summed E-state index contributed by atoms with van der Waals surface area (Å²) in [6.07, 6.45) is 0.602. The molecule has 1 saturated heterocycles. The summed E-state index contributed by atoms with van der Waals surface area (Å²) in [7, 11) is 0. The zero-order valence-corrected chi connectivity index (χ0v) is 8.23. The normalized spacial score (nSPS) is 65.1. The summed E-state index contributed by atoms with van der Waals surface area (Å²) >= 11 is 0. The standard InChI is InChI=1S/C10H16O4/c1-8-3-7(12)6-2-10(8,13)9(6,4-11)5-14-8/h6-7,11-13H,2-5H2,1H3/t6-,7+,8-,9+,10-/m0/s1. The van der Waals surface area contributed by atoms with E-state index in [1.165, 1.54) is 0 Å². The molecule has 4 aliphatic rings. The molecule has 3 saturated carbocycles. The van der Waals surface area contributed by atoms with Gasteiger partial charge in [-0.2, -0.15) is 0 Å². The van der Waals surface area contributed by atoms with Crippen LogP contribution in [0.15, 0.2) is 0 Å². The molecule has 4 rings (SSSR count). The first-order valence-electron chi connectivity index (χ1n) is 5.14. The number of hydrogen-bond acceptors (Lipinski definition) is 4. The molecule has 0 aromatic rings. The lowest BCUT2D eigenvalue weighted by Crippen LogP contribution is -2.77. The van der Waals surface area contributed by atoms with Crippen molar-refractivity contribution in [1.29, 1.82) is 0 Å². The monoisotopic (exact) mass is 200 g/mol. The molecular formula is C10H16O4. The van der Waals surface area contributed by atoms with Crippen LogP contribution in [0.2, 0.25) is 0 Å². The Balaban J connectivity index is 2.10. The highest BCUT2D eigenvalue weighted by Crippen LogP contribution is 2.70. The maximum absolute atomic E-state index is 10.5. The van der Waals surface area contributed by atoms with E-state index in [1.807, 2.05) is 6.92 Å². The van der Waals surface area contributed by atoms with Crippen LogP contribution in [0.25, 0.3) is 0 Å². The minimum absolute atomic E-state index is 0.00748. The fraction of sp³-hybridized carbons (Fsp3) is 1.00. The third kappa shape index (κ3) is 0.608. The van der Waals surface area contributed by atoms with Crippen LogP contribution in [-0.2, 0) is 4.74 Å². The summed E-state index contributed by atoms with van der Waals surface area (Å²) < 4.78 is 5.62. The van der Waals surface area contributed by atoms with Gasteiger partial charge >= 0.3 is 0 Å². The summed E-state index contributed by atoms with van der Waals surface area (Å²) in [4.78, 5) is 0. The van der Waals surface area contributed by atoms with Gasteiger partial charge in [0, 0.05) is 12.3 Å². The second kappa shape index (κ2) is 2.16. The second-order valence-electron chi connectivity index (χ2n) is 5.28. The Morgan fingerprint density at radius 3 is 2.79 bits per heavy atom. The third-order valence-electron chi connectivity index (χ3n) is 4.92. The lowest BCUT2D eigenvalue weighted by Gasteiger charge is -2.65. The Hall–Kier alpha value is -0.160. The van der Waals surface area contributed by atoms with Crippen molar-refractivity contribution in [3.8, 4) is 0 Å². The van der Waals surface area contributed by atoms with E-state index < -0.39 is 22.7 Å². The minimum Gasteiger partial charge on any atom is -0.396 e. The highest BCUT2D eigenvalue weighted by Gasteiger charge is 2.81. The zero-order valence-electron chi connectivity index (χ0n) is 8.23. The molecule has 1 heterocycles. The van der Waals surface area contributed by atoms with Crippen LogP contribution in [0.1, 0.15) is 19.8 Å². The number of fused-ring (bicyclic) bond motifs is 1. The molecule has 4 fully saturated rings. The number of hydrogen-bond donors (Lipinski definition) is 3. The summed E-state index contributed by atoms with van der Waals surface area (Å²) in [5, 5.41) is 29.8. The predicted octanol–water partition coefficient (Wildman–Crippen LogP) is -0.730. The van der Waals surface area contributed by atoms with Crippen LogP contribution in [0, 0.1) is 11.3 Å². The largest absolute Gasteiger partial charge is 0.396 e. The van der Waals surface area contributed by atoms with Crippen LogP contribution in [0.5, 0.6) is 0 Å². The molecule has 0 aromatic carbocycles. The first-order chi connectivity index (χ1) is 6.49. The fourth-order valence-electron chi connectivity index (χ4n) is 3.84. The Bertz CT molecular complexity index is 294. The van der Waals surface area contributed by atoms with Crippen molar-refractivity contribution in [1.82, 2.24) is 0 Å². The van der Waals surface area contributed by atoms with Gasteiger partial charge in [-0.1, -0.05) is 0 Å².